The van der Waals surface area contributed by atoms with Crippen LogP contribution >= 0.6 is 0 Å². The Morgan fingerprint density at radius 3 is 2.58 bits per heavy atom. The Labute approximate surface area is 147 Å². The van der Waals surface area contributed by atoms with Crippen LogP contribution in [0.3, 0.4) is 0 Å². The fourth-order valence-electron chi connectivity index (χ4n) is 2.01. The zero-order valence-corrected chi connectivity index (χ0v) is 14.3. The summed E-state index contributed by atoms with van der Waals surface area (Å²) in [6.07, 6.45) is -0.279. The summed E-state index contributed by atoms with van der Waals surface area (Å²) in [6, 6.07) is 0. The Bertz CT molecular complexity index is 711. The lowest BCUT2D eigenvalue weighted by molar-refractivity contribution is -0.173. The number of aromatic amines is 2. The first-order valence-electron chi connectivity index (χ1n) is 8.00. The number of likely N-dealkylation sites (N-methyl/N-ethyl adjacent to an activating group) is 1. The molecule has 0 bridgehead atoms. The predicted molar refractivity (Wildman–Crippen MR) is 90.8 cm³/mol. The number of carbonyl (C=O) groups is 1. The Hall–Kier alpha value is -2.40. The summed E-state index contributed by atoms with van der Waals surface area (Å²) in [7, 11) is 0. The van der Waals surface area contributed by atoms with Crippen molar-refractivity contribution in [2.45, 2.75) is 13.1 Å². The van der Waals surface area contributed by atoms with E-state index in [9.17, 15) is 27.6 Å². The van der Waals surface area contributed by atoms with E-state index in [1.165, 1.54) is 6.20 Å². The minimum absolute atomic E-state index is 0.0823. The number of amides is 1. The zero-order valence-electron chi connectivity index (χ0n) is 14.3. The molecule has 1 heterocycles. The third-order valence-corrected chi connectivity index (χ3v) is 3.43. The van der Waals surface area contributed by atoms with E-state index >= 15 is 0 Å². The summed E-state index contributed by atoms with van der Waals surface area (Å²) < 4.78 is 36.2. The minimum atomic E-state index is -4.86. The quantitative estimate of drug-likeness (QED) is 0.417. The molecule has 1 aromatic heterocycles. The molecule has 8 nitrogen and oxygen atoms in total. The molecule has 0 aliphatic carbocycles. The number of hydrogen-bond donors (Lipinski definition) is 4. The second kappa shape index (κ2) is 10.6. The lowest BCUT2D eigenvalue weighted by Gasteiger charge is -2.20. The van der Waals surface area contributed by atoms with Crippen LogP contribution in [-0.2, 0) is 4.79 Å². The Morgan fingerprint density at radius 2 is 1.96 bits per heavy atom. The normalized spacial score (nSPS) is 12.0. The Morgan fingerprint density at radius 1 is 1.27 bits per heavy atom. The molecule has 0 aliphatic rings. The van der Waals surface area contributed by atoms with Crippen molar-refractivity contribution in [3.63, 3.8) is 0 Å². The average molecular weight is 377 g/mol. The third kappa shape index (κ3) is 8.12. The van der Waals surface area contributed by atoms with Gasteiger partial charge in [-0.1, -0.05) is 19.1 Å². The number of hydrogen-bond acceptors (Lipinski definition) is 5. The van der Waals surface area contributed by atoms with Crippen LogP contribution in [0.1, 0.15) is 12.5 Å². The maximum Gasteiger partial charge on any atom is 0.471 e. The van der Waals surface area contributed by atoms with Crippen molar-refractivity contribution in [3.05, 3.63) is 38.7 Å². The van der Waals surface area contributed by atoms with Crippen molar-refractivity contribution in [2.75, 3.05) is 39.3 Å². The summed E-state index contributed by atoms with van der Waals surface area (Å²) in [6.45, 7) is 4.36. The number of H-pyrrole nitrogens is 2. The van der Waals surface area contributed by atoms with Gasteiger partial charge in [-0.05, 0) is 6.54 Å². The fourth-order valence-corrected chi connectivity index (χ4v) is 2.01. The molecule has 26 heavy (non-hydrogen) atoms. The first-order valence-corrected chi connectivity index (χ1v) is 8.00. The van der Waals surface area contributed by atoms with Gasteiger partial charge >= 0.3 is 17.8 Å². The molecule has 0 aromatic carbocycles. The number of carbonyl (C=O) groups excluding carboxylic acids is 1. The molecule has 1 rings (SSSR count). The number of nitrogens with zero attached hydrogens (tertiary/aromatic N) is 1. The van der Waals surface area contributed by atoms with E-state index in [0.29, 0.717) is 38.3 Å². The molecule has 4 N–H and O–H groups in total. The predicted octanol–water partition coefficient (Wildman–Crippen LogP) is -0.334. The molecular weight excluding hydrogens is 355 g/mol. The van der Waals surface area contributed by atoms with Crippen LogP contribution in [0.15, 0.2) is 21.9 Å². The second-order valence-corrected chi connectivity index (χ2v) is 5.32. The van der Waals surface area contributed by atoms with Crippen molar-refractivity contribution in [1.29, 1.82) is 0 Å². The molecule has 0 unspecified atom stereocenters. The highest BCUT2D eigenvalue weighted by atomic mass is 19.4. The molecule has 0 fully saturated rings. The van der Waals surface area contributed by atoms with Gasteiger partial charge in [-0.3, -0.25) is 14.6 Å². The largest absolute Gasteiger partial charge is 0.471 e. The lowest BCUT2D eigenvalue weighted by atomic mass is 10.3. The standard InChI is InChI=1S/C15H22F3N5O3/c1-2-23(9-7-20-13(25)15(16,17)18)8-6-19-5-3-4-11-10-21-14(26)22-12(11)24/h3-4,10,19H,2,5-9H2,1H3,(H,20,25)(H2,21,22,24,26)/b4-3+. The highest BCUT2D eigenvalue weighted by Crippen LogP contribution is 2.13. The number of nitrogens with one attached hydrogen (secondary N) is 4. The van der Waals surface area contributed by atoms with Gasteiger partial charge in [0.05, 0.1) is 5.56 Å². The van der Waals surface area contributed by atoms with Crippen LogP contribution in [0.2, 0.25) is 0 Å². The molecule has 0 spiro atoms. The monoisotopic (exact) mass is 377 g/mol. The van der Waals surface area contributed by atoms with Gasteiger partial charge in [0.2, 0.25) is 0 Å². The molecule has 0 atom stereocenters. The van der Waals surface area contributed by atoms with Crippen LogP contribution in [-0.4, -0.2) is 66.2 Å². The number of aromatic nitrogens is 2. The molecular formula is C15H22F3N5O3. The van der Waals surface area contributed by atoms with Crippen LogP contribution < -0.4 is 21.9 Å². The summed E-state index contributed by atoms with van der Waals surface area (Å²) in [5, 5.41) is 4.93. The van der Waals surface area contributed by atoms with Crippen LogP contribution in [0.25, 0.3) is 6.08 Å². The van der Waals surface area contributed by atoms with Crippen molar-refractivity contribution in [1.82, 2.24) is 25.5 Å². The zero-order chi connectivity index (χ0) is 19.6. The first-order chi connectivity index (χ1) is 12.2. The summed E-state index contributed by atoms with van der Waals surface area (Å²) in [4.78, 5) is 39.4. The van der Waals surface area contributed by atoms with Crippen LogP contribution in [0.5, 0.6) is 0 Å². The van der Waals surface area contributed by atoms with Crippen LogP contribution in [0.4, 0.5) is 13.2 Å². The fraction of sp³-hybridized carbons (Fsp3) is 0.533. The molecule has 146 valence electrons. The topological polar surface area (TPSA) is 110 Å². The Kier molecular flexibility index (Phi) is 8.79. The molecule has 0 radical (unpaired) electrons. The van der Waals surface area contributed by atoms with E-state index in [-0.39, 0.29) is 6.54 Å². The van der Waals surface area contributed by atoms with Crippen molar-refractivity contribution >= 4 is 12.0 Å². The van der Waals surface area contributed by atoms with E-state index in [1.807, 2.05) is 17.1 Å². The van der Waals surface area contributed by atoms with Gasteiger partial charge in [-0.15, -0.1) is 0 Å². The number of alkyl halides is 3. The maximum absolute atomic E-state index is 12.1. The van der Waals surface area contributed by atoms with E-state index in [2.05, 4.69) is 15.3 Å². The molecule has 0 saturated heterocycles. The second-order valence-electron chi connectivity index (χ2n) is 5.32. The molecule has 1 aromatic rings. The van der Waals surface area contributed by atoms with Gasteiger partial charge in [0, 0.05) is 38.9 Å². The van der Waals surface area contributed by atoms with Gasteiger partial charge in [0.1, 0.15) is 0 Å². The maximum atomic E-state index is 12.1. The lowest BCUT2D eigenvalue weighted by Crippen LogP contribution is -2.42. The van der Waals surface area contributed by atoms with E-state index in [0.717, 1.165) is 0 Å². The number of halogens is 3. The van der Waals surface area contributed by atoms with Gasteiger partial charge in [-0.25, -0.2) is 4.79 Å². The summed E-state index contributed by atoms with van der Waals surface area (Å²) in [5.41, 5.74) is -0.735. The van der Waals surface area contributed by atoms with Gasteiger partial charge in [0.15, 0.2) is 0 Å². The smallest absolute Gasteiger partial charge is 0.347 e. The molecule has 1 amide bonds. The number of rotatable bonds is 10. The van der Waals surface area contributed by atoms with E-state index < -0.39 is 23.3 Å². The molecule has 11 heteroatoms. The van der Waals surface area contributed by atoms with E-state index in [1.54, 1.807) is 12.2 Å². The van der Waals surface area contributed by atoms with Crippen molar-refractivity contribution < 1.29 is 18.0 Å². The van der Waals surface area contributed by atoms with Gasteiger partial charge < -0.3 is 20.5 Å². The first kappa shape index (κ1) is 21.6. The third-order valence-electron chi connectivity index (χ3n) is 3.43. The minimum Gasteiger partial charge on any atom is -0.347 e. The van der Waals surface area contributed by atoms with Crippen LogP contribution in [0, 0.1) is 0 Å². The highest BCUT2D eigenvalue weighted by molar-refractivity contribution is 5.81. The van der Waals surface area contributed by atoms with Crippen molar-refractivity contribution in [3.8, 4) is 0 Å². The highest BCUT2D eigenvalue weighted by Gasteiger charge is 2.38. The Balaban J connectivity index is 2.24. The van der Waals surface area contributed by atoms with Gasteiger partial charge in [-0.2, -0.15) is 13.2 Å². The molecule has 0 saturated carbocycles. The SMILES string of the molecule is CCN(CCNC/C=C/c1c[nH]c(=O)[nH]c1=O)CCNC(=O)C(F)(F)F. The van der Waals surface area contributed by atoms with E-state index in [4.69, 9.17) is 0 Å². The van der Waals surface area contributed by atoms with Crippen molar-refractivity contribution in [2.24, 2.45) is 0 Å². The summed E-state index contributed by atoms with van der Waals surface area (Å²) in [5.74, 6) is -1.94. The van der Waals surface area contributed by atoms with Gasteiger partial charge in [0.25, 0.3) is 5.56 Å². The molecule has 0 aliphatic heterocycles. The summed E-state index contributed by atoms with van der Waals surface area (Å²) >= 11 is 0. The average Bonchev–Trinajstić information content (AvgIpc) is 2.56.